The SMILES string of the molecule is COc1ccc2c(c1)c(/C=C/c1cc[n+](C)cc1)cn2C.[I-]. The number of hydrogen-bond acceptors (Lipinski definition) is 1. The lowest BCUT2D eigenvalue weighted by Crippen LogP contribution is -3.00. The number of hydrogen-bond donors (Lipinski definition) is 0. The Morgan fingerprint density at radius 1 is 1.09 bits per heavy atom. The molecule has 2 heterocycles. The summed E-state index contributed by atoms with van der Waals surface area (Å²) in [6.07, 6.45) is 10.5. The van der Waals surface area contributed by atoms with E-state index in [-0.39, 0.29) is 24.0 Å². The van der Waals surface area contributed by atoms with Crippen LogP contribution in [0.4, 0.5) is 0 Å². The van der Waals surface area contributed by atoms with Gasteiger partial charge in [0.25, 0.3) is 0 Å². The number of rotatable bonds is 3. The van der Waals surface area contributed by atoms with Crippen LogP contribution in [0.5, 0.6) is 5.75 Å². The summed E-state index contributed by atoms with van der Waals surface area (Å²) in [6.45, 7) is 0. The van der Waals surface area contributed by atoms with Crippen LogP contribution in [0.2, 0.25) is 0 Å². The van der Waals surface area contributed by atoms with E-state index in [0.717, 1.165) is 5.75 Å². The number of nitrogens with zero attached hydrogens (tertiary/aromatic N) is 2. The molecule has 22 heavy (non-hydrogen) atoms. The first-order valence-electron chi connectivity index (χ1n) is 6.94. The molecule has 0 aliphatic rings. The molecule has 0 fully saturated rings. The molecule has 0 radical (unpaired) electrons. The molecule has 114 valence electrons. The molecule has 0 spiro atoms. The average molecular weight is 406 g/mol. The number of pyridine rings is 1. The van der Waals surface area contributed by atoms with Gasteiger partial charge in [0, 0.05) is 41.8 Å². The summed E-state index contributed by atoms with van der Waals surface area (Å²) in [4.78, 5) is 0. The van der Waals surface area contributed by atoms with Gasteiger partial charge in [-0.15, -0.1) is 0 Å². The van der Waals surface area contributed by atoms with Crippen molar-refractivity contribution in [2.45, 2.75) is 0 Å². The molecule has 0 aliphatic heterocycles. The van der Waals surface area contributed by atoms with Crippen molar-refractivity contribution in [2.24, 2.45) is 14.1 Å². The predicted octanol–water partition coefficient (Wildman–Crippen LogP) is 0.186. The molecule has 0 aliphatic carbocycles. The van der Waals surface area contributed by atoms with E-state index < -0.39 is 0 Å². The molecular formula is C18H19IN2O. The summed E-state index contributed by atoms with van der Waals surface area (Å²) >= 11 is 0. The molecule has 3 aromatic rings. The Balaban J connectivity index is 0.00000176. The van der Waals surface area contributed by atoms with Crippen molar-refractivity contribution in [1.82, 2.24) is 4.57 Å². The highest BCUT2D eigenvalue weighted by Crippen LogP contribution is 2.26. The molecule has 0 amide bonds. The minimum Gasteiger partial charge on any atom is -1.00 e. The zero-order valence-electron chi connectivity index (χ0n) is 13.0. The van der Waals surface area contributed by atoms with Gasteiger partial charge in [0.05, 0.1) is 7.11 Å². The first-order valence-corrected chi connectivity index (χ1v) is 6.94. The largest absolute Gasteiger partial charge is 1.00 e. The highest BCUT2D eigenvalue weighted by Gasteiger charge is 2.05. The Kier molecular flexibility index (Phi) is 5.24. The maximum Gasteiger partial charge on any atom is 0.169 e. The first kappa shape index (κ1) is 16.5. The van der Waals surface area contributed by atoms with Crippen molar-refractivity contribution in [1.29, 1.82) is 0 Å². The van der Waals surface area contributed by atoms with Crippen molar-refractivity contribution in [3.8, 4) is 5.75 Å². The van der Waals surface area contributed by atoms with Crippen LogP contribution < -0.4 is 33.3 Å². The van der Waals surface area contributed by atoms with Gasteiger partial charge in [0.1, 0.15) is 12.8 Å². The van der Waals surface area contributed by atoms with Crippen LogP contribution in [0.15, 0.2) is 48.9 Å². The molecule has 0 bridgehead atoms. The van der Waals surface area contributed by atoms with Gasteiger partial charge in [0.2, 0.25) is 0 Å². The fraction of sp³-hybridized carbons (Fsp3) is 0.167. The van der Waals surface area contributed by atoms with Gasteiger partial charge in [-0.2, -0.15) is 0 Å². The van der Waals surface area contributed by atoms with Gasteiger partial charge < -0.3 is 33.3 Å². The van der Waals surface area contributed by atoms with Crippen molar-refractivity contribution in [3.63, 3.8) is 0 Å². The number of methoxy groups -OCH3 is 1. The monoisotopic (exact) mass is 406 g/mol. The third kappa shape index (κ3) is 3.32. The maximum atomic E-state index is 5.33. The average Bonchev–Trinajstić information content (AvgIpc) is 2.82. The quantitative estimate of drug-likeness (QED) is 0.449. The summed E-state index contributed by atoms with van der Waals surface area (Å²) in [6, 6.07) is 10.4. The Labute approximate surface area is 147 Å². The lowest BCUT2D eigenvalue weighted by atomic mass is 10.1. The molecule has 0 unspecified atom stereocenters. The van der Waals surface area contributed by atoms with E-state index in [1.807, 2.05) is 30.1 Å². The van der Waals surface area contributed by atoms with Crippen molar-refractivity contribution in [3.05, 3.63) is 60.0 Å². The summed E-state index contributed by atoms with van der Waals surface area (Å²) in [7, 11) is 5.78. The number of aryl methyl sites for hydroxylation is 2. The van der Waals surface area contributed by atoms with Gasteiger partial charge >= 0.3 is 0 Å². The summed E-state index contributed by atoms with van der Waals surface area (Å²) in [5.41, 5.74) is 3.59. The van der Waals surface area contributed by atoms with Crippen LogP contribution in [0.25, 0.3) is 23.1 Å². The van der Waals surface area contributed by atoms with Crippen LogP contribution in [0.1, 0.15) is 11.1 Å². The van der Waals surface area contributed by atoms with Gasteiger partial charge in [0.15, 0.2) is 12.4 Å². The minimum absolute atomic E-state index is 0. The van der Waals surface area contributed by atoms with Crippen LogP contribution in [0, 0.1) is 0 Å². The van der Waals surface area contributed by atoms with Crippen LogP contribution in [-0.4, -0.2) is 11.7 Å². The normalized spacial score (nSPS) is 10.9. The Hall–Kier alpha value is -1.82. The predicted molar refractivity (Wildman–Crippen MR) is 86.0 cm³/mol. The molecule has 3 nitrogen and oxygen atoms in total. The summed E-state index contributed by atoms with van der Waals surface area (Å²) < 4.78 is 9.49. The second-order valence-electron chi connectivity index (χ2n) is 5.21. The molecule has 3 rings (SSSR count). The van der Waals surface area contributed by atoms with Gasteiger partial charge in [-0.25, -0.2) is 4.57 Å². The zero-order valence-corrected chi connectivity index (χ0v) is 15.1. The Morgan fingerprint density at radius 2 is 1.82 bits per heavy atom. The standard InChI is InChI=1S/C18H19N2O.HI/c1-19-10-8-14(9-11-19)4-5-15-13-20(2)18-7-6-16(21-3)12-17(15)18;/h4-13H,1-3H3;1H/q+1;/p-1. The van der Waals surface area contributed by atoms with Crippen LogP contribution in [0.3, 0.4) is 0 Å². The Bertz CT molecular complexity index is 804. The fourth-order valence-corrected chi connectivity index (χ4v) is 2.47. The van der Waals surface area contributed by atoms with Gasteiger partial charge in [-0.05, 0) is 23.8 Å². The van der Waals surface area contributed by atoms with Gasteiger partial charge in [-0.1, -0.05) is 12.2 Å². The van der Waals surface area contributed by atoms with Crippen molar-refractivity contribution >= 4 is 23.1 Å². The third-order valence-corrected chi connectivity index (χ3v) is 3.69. The molecule has 0 atom stereocenters. The number of halogens is 1. The van der Waals surface area contributed by atoms with E-state index in [0.29, 0.717) is 0 Å². The fourth-order valence-electron chi connectivity index (χ4n) is 2.47. The van der Waals surface area contributed by atoms with E-state index in [1.54, 1.807) is 7.11 Å². The van der Waals surface area contributed by atoms with E-state index in [9.17, 15) is 0 Å². The third-order valence-electron chi connectivity index (χ3n) is 3.69. The smallest absolute Gasteiger partial charge is 0.169 e. The summed E-state index contributed by atoms with van der Waals surface area (Å²) in [5.74, 6) is 0.884. The number of ether oxygens (including phenoxy) is 1. The summed E-state index contributed by atoms with van der Waals surface area (Å²) in [5, 5.41) is 1.20. The van der Waals surface area contributed by atoms with E-state index in [2.05, 4.69) is 54.2 Å². The highest BCUT2D eigenvalue weighted by atomic mass is 127. The zero-order chi connectivity index (χ0) is 14.8. The van der Waals surface area contributed by atoms with Crippen LogP contribution >= 0.6 is 0 Å². The maximum absolute atomic E-state index is 5.33. The molecule has 1 aromatic carbocycles. The number of benzene rings is 1. The lowest BCUT2D eigenvalue weighted by Gasteiger charge is -2.00. The minimum atomic E-state index is 0. The van der Waals surface area contributed by atoms with E-state index in [1.165, 1.54) is 22.0 Å². The molecule has 0 N–H and O–H groups in total. The van der Waals surface area contributed by atoms with Crippen molar-refractivity contribution in [2.75, 3.05) is 7.11 Å². The Morgan fingerprint density at radius 3 is 2.50 bits per heavy atom. The molecule has 0 saturated heterocycles. The molecule has 0 saturated carbocycles. The van der Waals surface area contributed by atoms with Gasteiger partial charge in [-0.3, -0.25) is 0 Å². The topological polar surface area (TPSA) is 18.0 Å². The van der Waals surface area contributed by atoms with Crippen LogP contribution in [-0.2, 0) is 14.1 Å². The molecule has 4 heteroatoms. The molecule has 2 aromatic heterocycles. The van der Waals surface area contributed by atoms with E-state index >= 15 is 0 Å². The van der Waals surface area contributed by atoms with Crippen molar-refractivity contribution < 1.29 is 33.3 Å². The second kappa shape index (κ2) is 6.96. The van der Waals surface area contributed by atoms with E-state index in [4.69, 9.17) is 4.74 Å². The lowest BCUT2D eigenvalue weighted by molar-refractivity contribution is -0.671. The first-order chi connectivity index (χ1) is 10.2. The molecular weight excluding hydrogens is 387 g/mol. The number of fused-ring (bicyclic) bond motifs is 1. The highest BCUT2D eigenvalue weighted by molar-refractivity contribution is 5.92. The number of aromatic nitrogens is 2. The second-order valence-corrected chi connectivity index (χ2v) is 5.21.